The molecule has 0 radical (unpaired) electrons. The number of hydrogen-bond donors (Lipinski definition) is 2. The molecule has 0 aromatic heterocycles. The molecule has 2 N–H and O–H groups in total. The molecule has 0 amide bonds. The first-order chi connectivity index (χ1) is 15.9. The Labute approximate surface area is 195 Å². The van der Waals surface area contributed by atoms with Crippen LogP contribution in [-0.2, 0) is 23.7 Å². The summed E-state index contributed by atoms with van der Waals surface area (Å²) in [4.78, 5) is 2.56. The SMILES string of the molecule is CCN1CC2(COC)CCC(OC)C34C5CC6C(OC)CC7(OCOC7(C(O)C23)C14)C5C6O. The van der Waals surface area contributed by atoms with Crippen LogP contribution in [0.3, 0.4) is 0 Å². The smallest absolute Gasteiger partial charge is 0.148 e. The monoisotopic (exact) mass is 465 g/mol. The lowest BCUT2D eigenvalue weighted by Gasteiger charge is -2.70. The number of hydrogen-bond acceptors (Lipinski definition) is 8. The molecule has 0 aromatic carbocycles. The van der Waals surface area contributed by atoms with Gasteiger partial charge in [0.25, 0.3) is 0 Å². The van der Waals surface area contributed by atoms with Crippen LogP contribution < -0.4 is 0 Å². The van der Waals surface area contributed by atoms with Gasteiger partial charge in [0.05, 0.1) is 37.1 Å². The number of fused-ring (bicyclic) bond motifs is 1. The summed E-state index contributed by atoms with van der Waals surface area (Å²) in [5.74, 6) is 0.155. The predicted octanol–water partition coefficient (Wildman–Crippen LogP) is 0.637. The van der Waals surface area contributed by atoms with E-state index in [2.05, 4.69) is 11.8 Å². The summed E-state index contributed by atoms with van der Waals surface area (Å²) in [6, 6.07) is -0.0180. The number of piperidine rings is 1. The van der Waals surface area contributed by atoms with Gasteiger partial charge < -0.3 is 33.9 Å². The van der Waals surface area contributed by atoms with E-state index in [9.17, 15) is 10.2 Å². The quantitative estimate of drug-likeness (QED) is 0.612. The summed E-state index contributed by atoms with van der Waals surface area (Å²) in [7, 11) is 5.35. The van der Waals surface area contributed by atoms with Crippen LogP contribution in [0.5, 0.6) is 0 Å². The lowest BCUT2D eigenvalue weighted by Crippen LogP contribution is -2.81. The number of likely N-dealkylation sites (N-methyl/N-ethyl adjacent to an activating group) is 1. The molecule has 5 saturated carbocycles. The van der Waals surface area contributed by atoms with Crippen molar-refractivity contribution in [2.24, 2.45) is 34.5 Å². The van der Waals surface area contributed by atoms with E-state index in [1.165, 1.54) is 0 Å². The van der Waals surface area contributed by atoms with Crippen LogP contribution in [0.1, 0.15) is 32.6 Å². The zero-order valence-corrected chi connectivity index (χ0v) is 20.2. The molecular weight excluding hydrogens is 426 g/mol. The lowest BCUT2D eigenvalue weighted by molar-refractivity contribution is -0.285. The van der Waals surface area contributed by atoms with Crippen LogP contribution in [0.4, 0.5) is 0 Å². The lowest BCUT2D eigenvalue weighted by atomic mass is 9.42. The first-order valence-corrected chi connectivity index (χ1v) is 12.9. The second kappa shape index (κ2) is 6.71. The second-order valence-corrected chi connectivity index (χ2v) is 12.0. The molecule has 5 aliphatic carbocycles. The Morgan fingerprint density at radius 2 is 1.94 bits per heavy atom. The van der Waals surface area contributed by atoms with Crippen molar-refractivity contribution >= 4 is 0 Å². The molecule has 2 aliphatic heterocycles. The number of rotatable bonds is 5. The molecule has 8 heteroatoms. The van der Waals surface area contributed by atoms with Gasteiger partial charge >= 0.3 is 0 Å². The number of likely N-dealkylation sites (tertiary alicyclic amines) is 1. The summed E-state index contributed by atoms with van der Waals surface area (Å²) in [5, 5.41) is 24.2. The molecule has 7 rings (SSSR count). The Morgan fingerprint density at radius 3 is 2.64 bits per heavy atom. The van der Waals surface area contributed by atoms with Gasteiger partial charge in [0, 0.05) is 62.9 Å². The average Bonchev–Trinajstić information content (AvgIpc) is 3.35. The third-order valence-corrected chi connectivity index (χ3v) is 11.8. The zero-order chi connectivity index (χ0) is 23.0. The number of nitrogens with zero attached hydrogens (tertiary/aromatic N) is 1. The van der Waals surface area contributed by atoms with E-state index in [0.29, 0.717) is 13.0 Å². The van der Waals surface area contributed by atoms with Crippen molar-refractivity contribution in [1.82, 2.24) is 4.90 Å². The Bertz CT molecular complexity index is 844. The van der Waals surface area contributed by atoms with Gasteiger partial charge in [-0.15, -0.1) is 0 Å². The minimum atomic E-state index is -0.904. The van der Waals surface area contributed by atoms with E-state index in [4.69, 9.17) is 23.7 Å². The Morgan fingerprint density at radius 1 is 1.12 bits per heavy atom. The molecule has 3 spiro atoms. The van der Waals surface area contributed by atoms with Gasteiger partial charge in [0.2, 0.25) is 0 Å². The highest BCUT2D eigenvalue weighted by Gasteiger charge is 2.93. The highest BCUT2D eigenvalue weighted by atomic mass is 16.7. The van der Waals surface area contributed by atoms with E-state index in [1.807, 2.05) is 7.11 Å². The van der Waals surface area contributed by atoms with Crippen LogP contribution in [-0.4, -0.2) is 105 Å². The fourth-order valence-corrected chi connectivity index (χ4v) is 11.4. The van der Waals surface area contributed by atoms with Crippen molar-refractivity contribution in [1.29, 1.82) is 0 Å². The Balaban J connectivity index is 1.55. The van der Waals surface area contributed by atoms with E-state index >= 15 is 0 Å². The van der Waals surface area contributed by atoms with Gasteiger partial charge in [-0.05, 0) is 31.7 Å². The van der Waals surface area contributed by atoms with Crippen LogP contribution in [0.15, 0.2) is 0 Å². The highest BCUT2D eigenvalue weighted by Crippen LogP contribution is 2.82. The Kier molecular flexibility index (Phi) is 4.46. The van der Waals surface area contributed by atoms with Crippen LogP contribution in [0, 0.1) is 34.5 Å². The standard InChI is InChI=1S/C25H39NO7/c1-5-26-10-22(11-29-2)7-6-16(31-4)24-14-8-13-15(30-3)9-23(17(14)18(13)27)25(21(24)26,33-12-32-23)20(28)19(22)24/h13-21,27-28H,5-12H2,1-4H3. The second-order valence-electron chi connectivity index (χ2n) is 12.0. The van der Waals surface area contributed by atoms with E-state index in [0.717, 1.165) is 32.4 Å². The van der Waals surface area contributed by atoms with Gasteiger partial charge in [-0.1, -0.05) is 6.92 Å². The topological polar surface area (TPSA) is 89.9 Å². The van der Waals surface area contributed by atoms with Gasteiger partial charge in [0.15, 0.2) is 0 Å². The normalized spacial score (nSPS) is 62.5. The van der Waals surface area contributed by atoms with E-state index in [-0.39, 0.29) is 59.5 Å². The van der Waals surface area contributed by atoms with Crippen molar-refractivity contribution in [2.75, 3.05) is 47.8 Å². The first-order valence-electron chi connectivity index (χ1n) is 12.9. The number of aliphatic hydroxyl groups excluding tert-OH is 2. The number of methoxy groups -OCH3 is 3. The van der Waals surface area contributed by atoms with Gasteiger partial charge in [-0.2, -0.15) is 0 Å². The van der Waals surface area contributed by atoms with E-state index < -0.39 is 23.4 Å². The van der Waals surface area contributed by atoms with Crippen LogP contribution in [0.2, 0.25) is 0 Å². The molecule has 13 atom stereocenters. The minimum Gasteiger partial charge on any atom is -0.392 e. The highest BCUT2D eigenvalue weighted by molar-refractivity contribution is 5.42. The predicted molar refractivity (Wildman–Crippen MR) is 116 cm³/mol. The summed E-state index contributed by atoms with van der Waals surface area (Å²) in [6.45, 7) is 4.74. The maximum Gasteiger partial charge on any atom is 0.148 e. The zero-order valence-electron chi connectivity index (χ0n) is 20.2. The van der Waals surface area contributed by atoms with Gasteiger partial charge in [-0.25, -0.2) is 0 Å². The fourth-order valence-electron chi connectivity index (χ4n) is 11.4. The maximum atomic E-state index is 12.5. The summed E-state index contributed by atoms with van der Waals surface area (Å²) < 4.78 is 31.5. The average molecular weight is 466 g/mol. The molecule has 186 valence electrons. The first kappa shape index (κ1) is 21.9. The van der Waals surface area contributed by atoms with Crippen molar-refractivity contribution in [3.63, 3.8) is 0 Å². The molecule has 13 unspecified atom stereocenters. The molecule has 7 fully saturated rings. The van der Waals surface area contributed by atoms with Crippen molar-refractivity contribution in [3.8, 4) is 0 Å². The third-order valence-electron chi connectivity index (χ3n) is 11.8. The molecule has 8 nitrogen and oxygen atoms in total. The summed E-state index contributed by atoms with van der Waals surface area (Å²) in [6.07, 6.45) is 2.11. The van der Waals surface area contributed by atoms with Crippen molar-refractivity contribution in [3.05, 3.63) is 0 Å². The maximum absolute atomic E-state index is 12.5. The van der Waals surface area contributed by atoms with Crippen molar-refractivity contribution < 1.29 is 33.9 Å². The summed E-state index contributed by atoms with van der Waals surface area (Å²) in [5.41, 5.74) is -2.15. The van der Waals surface area contributed by atoms with Crippen molar-refractivity contribution in [2.45, 2.75) is 74.3 Å². The molecule has 2 saturated heterocycles. The van der Waals surface area contributed by atoms with Crippen LogP contribution in [0.25, 0.3) is 0 Å². The van der Waals surface area contributed by atoms with E-state index in [1.54, 1.807) is 14.2 Å². The molecule has 33 heavy (non-hydrogen) atoms. The largest absolute Gasteiger partial charge is 0.392 e. The fraction of sp³-hybridized carbons (Fsp3) is 1.00. The third kappa shape index (κ3) is 1.98. The van der Waals surface area contributed by atoms with Gasteiger partial charge in [-0.3, -0.25) is 4.90 Å². The number of aliphatic hydroxyl groups is 2. The van der Waals surface area contributed by atoms with Gasteiger partial charge in [0.1, 0.15) is 18.0 Å². The Hall–Kier alpha value is -0.320. The summed E-state index contributed by atoms with van der Waals surface area (Å²) >= 11 is 0. The molecule has 2 heterocycles. The number of ether oxygens (including phenoxy) is 5. The minimum absolute atomic E-state index is 0.000557. The molecule has 0 aromatic rings. The molecule has 7 aliphatic rings. The van der Waals surface area contributed by atoms with Crippen LogP contribution >= 0.6 is 0 Å². The molecular formula is C25H39NO7. The molecule has 7 bridgehead atoms.